The Hall–Kier alpha value is -4.27. The Morgan fingerprint density at radius 1 is 0.860 bits per heavy atom. The van der Waals surface area contributed by atoms with E-state index >= 15 is 0 Å². The summed E-state index contributed by atoms with van der Waals surface area (Å²) in [5.74, 6) is 0. The van der Waals surface area contributed by atoms with Crippen molar-refractivity contribution in [3.05, 3.63) is 150 Å². The molecule has 4 aromatic carbocycles. The fraction of sp³-hybridized carbons (Fsp3) is 0.250. The molecule has 1 amide bonds. The van der Waals surface area contributed by atoms with Crippen LogP contribution in [-0.2, 0) is 33.9 Å². The van der Waals surface area contributed by atoms with Gasteiger partial charge >= 0.3 is 6.09 Å². The first kappa shape index (κ1) is 30.2. The van der Waals surface area contributed by atoms with Crippen molar-refractivity contribution >= 4 is 11.8 Å². The highest BCUT2D eigenvalue weighted by Crippen LogP contribution is 2.39. The molecule has 2 N–H and O–H groups in total. The van der Waals surface area contributed by atoms with Gasteiger partial charge in [-0.2, -0.15) is 0 Å². The lowest BCUT2D eigenvalue weighted by Gasteiger charge is -2.38. The van der Waals surface area contributed by atoms with E-state index in [9.17, 15) is 9.90 Å². The first-order valence-corrected chi connectivity index (χ1v) is 14.5. The molecule has 1 aliphatic heterocycles. The summed E-state index contributed by atoms with van der Waals surface area (Å²) in [6, 6.07) is 36.2. The Balaban J connectivity index is 1.39. The second-order valence-corrected chi connectivity index (χ2v) is 10.6. The lowest BCUT2D eigenvalue weighted by atomic mass is 9.99. The number of benzene rings is 4. The number of aliphatic hydroxyl groups is 1. The molecule has 0 radical (unpaired) electrons. The smallest absolute Gasteiger partial charge is 0.411 e. The van der Waals surface area contributed by atoms with Crippen LogP contribution >= 0.6 is 0 Å². The van der Waals surface area contributed by atoms with Crippen molar-refractivity contribution < 1.29 is 24.1 Å². The fourth-order valence-electron chi connectivity index (χ4n) is 5.24. The number of carbonyl (C=O) groups excluding carboxylic acids is 1. The van der Waals surface area contributed by atoms with Crippen LogP contribution in [0.1, 0.15) is 46.6 Å². The SMILES string of the molecule is C=CCOC(=O)Nc1cccc([C@@H]2O[C@H](CN(Cc3ccccc3)Cc3ccccc3)C[C@H](c3ccc(CO)cc3)O2)c1. The number of carbonyl (C=O) groups is 1. The lowest BCUT2D eigenvalue weighted by molar-refractivity contribution is -0.253. The molecule has 7 heteroatoms. The summed E-state index contributed by atoms with van der Waals surface area (Å²) in [6.07, 6.45) is 0.624. The third-order valence-electron chi connectivity index (χ3n) is 7.31. The lowest BCUT2D eigenvalue weighted by Crippen LogP contribution is -2.39. The summed E-state index contributed by atoms with van der Waals surface area (Å²) in [6.45, 7) is 5.95. The van der Waals surface area contributed by atoms with Crippen molar-refractivity contribution in [1.82, 2.24) is 4.90 Å². The highest BCUT2D eigenvalue weighted by atomic mass is 16.7. The first-order valence-electron chi connectivity index (χ1n) is 14.5. The minimum absolute atomic E-state index is 0.0108. The zero-order chi connectivity index (χ0) is 29.9. The average molecular weight is 579 g/mol. The maximum atomic E-state index is 12.2. The molecule has 0 aliphatic carbocycles. The molecule has 0 saturated carbocycles. The van der Waals surface area contributed by atoms with Gasteiger partial charge in [0.25, 0.3) is 0 Å². The van der Waals surface area contributed by atoms with Gasteiger partial charge in [-0.05, 0) is 34.4 Å². The molecule has 1 aliphatic rings. The number of rotatable bonds is 12. The van der Waals surface area contributed by atoms with E-state index in [4.69, 9.17) is 14.2 Å². The van der Waals surface area contributed by atoms with Crippen LogP contribution in [0, 0.1) is 0 Å². The zero-order valence-electron chi connectivity index (χ0n) is 24.2. The van der Waals surface area contributed by atoms with Crippen LogP contribution in [0.5, 0.6) is 0 Å². The van der Waals surface area contributed by atoms with Crippen molar-refractivity contribution in [1.29, 1.82) is 0 Å². The van der Waals surface area contributed by atoms with Gasteiger partial charge in [-0.25, -0.2) is 4.79 Å². The Bertz CT molecular complexity index is 1400. The van der Waals surface area contributed by atoms with Crippen molar-refractivity contribution in [3.8, 4) is 0 Å². The van der Waals surface area contributed by atoms with Crippen LogP contribution < -0.4 is 5.32 Å². The summed E-state index contributed by atoms with van der Waals surface area (Å²) in [5, 5.41) is 12.3. The molecule has 222 valence electrons. The topological polar surface area (TPSA) is 80.3 Å². The summed E-state index contributed by atoms with van der Waals surface area (Å²) in [4.78, 5) is 14.6. The summed E-state index contributed by atoms with van der Waals surface area (Å²) >= 11 is 0. The minimum Gasteiger partial charge on any atom is -0.445 e. The van der Waals surface area contributed by atoms with Crippen molar-refractivity contribution in [2.45, 2.75) is 44.6 Å². The van der Waals surface area contributed by atoms with Crippen LogP contribution in [0.15, 0.2) is 122 Å². The highest BCUT2D eigenvalue weighted by molar-refractivity contribution is 5.84. The monoisotopic (exact) mass is 578 g/mol. The maximum Gasteiger partial charge on any atom is 0.411 e. The molecule has 43 heavy (non-hydrogen) atoms. The Labute approximate surface area is 253 Å². The third kappa shape index (κ3) is 8.86. The quantitative estimate of drug-likeness (QED) is 0.174. The number of ether oxygens (including phenoxy) is 3. The zero-order valence-corrected chi connectivity index (χ0v) is 24.2. The van der Waals surface area contributed by atoms with E-state index in [1.807, 2.05) is 54.6 Å². The molecule has 0 spiro atoms. The predicted molar refractivity (Wildman–Crippen MR) is 167 cm³/mol. The Kier molecular flexibility index (Phi) is 10.7. The van der Waals surface area contributed by atoms with E-state index in [1.165, 1.54) is 17.2 Å². The summed E-state index contributed by atoms with van der Waals surface area (Å²) < 4.78 is 18.3. The molecule has 0 aromatic heterocycles. The number of hydrogen-bond acceptors (Lipinski definition) is 6. The number of hydrogen-bond donors (Lipinski definition) is 2. The number of nitrogens with zero attached hydrogens (tertiary/aromatic N) is 1. The van der Waals surface area contributed by atoms with Crippen LogP contribution in [0.3, 0.4) is 0 Å². The molecule has 3 atom stereocenters. The van der Waals surface area contributed by atoms with Gasteiger partial charge in [0, 0.05) is 37.3 Å². The largest absolute Gasteiger partial charge is 0.445 e. The van der Waals surface area contributed by atoms with Crippen LogP contribution in [0.2, 0.25) is 0 Å². The Morgan fingerprint density at radius 3 is 2.16 bits per heavy atom. The van der Waals surface area contributed by atoms with Gasteiger partial charge in [0.05, 0.1) is 18.8 Å². The van der Waals surface area contributed by atoms with Gasteiger partial charge < -0.3 is 19.3 Å². The molecule has 5 rings (SSSR count). The summed E-state index contributed by atoms with van der Waals surface area (Å²) in [7, 11) is 0. The van der Waals surface area contributed by atoms with Crippen LogP contribution in [0.4, 0.5) is 10.5 Å². The molecule has 1 fully saturated rings. The first-order chi connectivity index (χ1) is 21.1. The second kappa shape index (κ2) is 15.3. The molecule has 7 nitrogen and oxygen atoms in total. The van der Waals surface area contributed by atoms with E-state index in [2.05, 4.69) is 65.3 Å². The van der Waals surface area contributed by atoms with Crippen LogP contribution in [0.25, 0.3) is 0 Å². The predicted octanol–water partition coefficient (Wildman–Crippen LogP) is 7.16. The average Bonchev–Trinajstić information content (AvgIpc) is 3.05. The van der Waals surface area contributed by atoms with Crippen molar-refractivity contribution in [3.63, 3.8) is 0 Å². The standard InChI is InChI=1S/C36H38N2O5/c1-2-20-41-36(40)37-32-15-9-14-31(21-32)35-42-33(22-34(43-35)30-18-16-29(26-39)17-19-30)25-38(23-27-10-5-3-6-11-27)24-28-12-7-4-8-13-28/h2-19,21,33-35,39H,1,20,22-26H2,(H,37,40)/t33-,34+,35+/m0/s1. The van der Waals surface area contributed by atoms with E-state index in [0.29, 0.717) is 18.7 Å². The van der Waals surface area contributed by atoms with E-state index in [0.717, 1.165) is 29.8 Å². The normalized spacial score (nSPS) is 18.2. The number of aliphatic hydroxyl groups excluding tert-OH is 1. The van der Waals surface area contributed by atoms with Gasteiger partial charge in [0.15, 0.2) is 6.29 Å². The van der Waals surface area contributed by atoms with Gasteiger partial charge in [0.1, 0.15) is 6.61 Å². The van der Waals surface area contributed by atoms with E-state index in [-0.39, 0.29) is 25.4 Å². The fourth-order valence-corrected chi connectivity index (χ4v) is 5.24. The van der Waals surface area contributed by atoms with E-state index in [1.54, 1.807) is 6.07 Å². The van der Waals surface area contributed by atoms with Crippen LogP contribution in [-0.4, -0.2) is 35.4 Å². The highest BCUT2D eigenvalue weighted by Gasteiger charge is 2.33. The molecule has 0 unspecified atom stereocenters. The molecule has 4 aromatic rings. The van der Waals surface area contributed by atoms with Gasteiger partial charge in [0.2, 0.25) is 0 Å². The molecular formula is C36H38N2O5. The summed E-state index contributed by atoms with van der Waals surface area (Å²) in [5.41, 5.74) is 5.72. The van der Waals surface area contributed by atoms with E-state index < -0.39 is 12.4 Å². The van der Waals surface area contributed by atoms with Crippen molar-refractivity contribution in [2.24, 2.45) is 0 Å². The molecule has 0 bridgehead atoms. The molecule has 1 heterocycles. The number of nitrogens with one attached hydrogen (secondary N) is 1. The molecular weight excluding hydrogens is 540 g/mol. The second-order valence-electron chi connectivity index (χ2n) is 10.6. The maximum absolute atomic E-state index is 12.2. The molecule has 1 saturated heterocycles. The van der Waals surface area contributed by atoms with Gasteiger partial charge in [-0.3, -0.25) is 10.2 Å². The third-order valence-corrected chi connectivity index (χ3v) is 7.31. The number of amides is 1. The van der Waals surface area contributed by atoms with Gasteiger partial charge in [-0.15, -0.1) is 0 Å². The van der Waals surface area contributed by atoms with Crippen molar-refractivity contribution in [2.75, 3.05) is 18.5 Å². The number of anilines is 1. The minimum atomic E-state index is -0.650. The van der Waals surface area contributed by atoms with Gasteiger partial charge in [-0.1, -0.05) is 110 Å². The Morgan fingerprint density at radius 2 is 1.53 bits per heavy atom.